The molecule has 4 heteroatoms. The lowest BCUT2D eigenvalue weighted by Gasteiger charge is -2.34. The summed E-state index contributed by atoms with van der Waals surface area (Å²) in [4.78, 5) is 0. The van der Waals surface area contributed by atoms with E-state index in [0.29, 0.717) is 23.9 Å². The second kappa shape index (κ2) is 8.99. The molecule has 0 spiro atoms. The van der Waals surface area contributed by atoms with E-state index in [0.717, 1.165) is 19.3 Å². The molecule has 2 heterocycles. The molecule has 3 rings (SSSR count). The maximum Gasteiger partial charge on any atom is 0.0958 e. The molecule has 9 unspecified atom stereocenters. The van der Waals surface area contributed by atoms with Crippen molar-refractivity contribution in [3.05, 3.63) is 23.8 Å². The molecule has 9 atom stereocenters. The second-order valence-electron chi connectivity index (χ2n) is 9.65. The molecule has 4 nitrogen and oxygen atoms in total. The van der Waals surface area contributed by atoms with E-state index in [2.05, 4.69) is 45.9 Å². The van der Waals surface area contributed by atoms with Crippen LogP contribution in [0.3, 0.4) is 0 Å². The number of ether oxygens (including phenoxy) is 3. The Balaban J connectivity index is 1.52. The average molecular weight is 393 g/mol. The number of fused-ring (bicyclic) bond motifs is 1. The maximum absolute atomic E-state index is 9.98. The number of aliphatic hydroxyl groups excluding tert-OH is 1. The Morgan fingerprint density at radius 1 is 1.25 bits per heavy atom. The van der Waals surface area contributed by atoms with Gasteiger partial charge in [0.15, 0.2) is 0 Å². The number of hydrogen-bond acceptors (Lipinski definition) is 4. The predicted octanol–water partition coefficient (Wildman–Crippen LogP) is 4.66. The smallest absolute Gasteiger partial charge is 0.0958 e. The van der Waals surface area contributed by atoms with E-state index in [1.54, 1.807) is 7.11 Å². The molecule has 0 radical (unpaired) electrons. The summed E-state index contributed by atoms with van der Waals surface area (Å²) in [5.74, 6) is 1.37. The molecule has 1 aliphatic carbocycles. The van der Waals surface area contributed by atoms with Crippen LogP contribution in [-0.2, 0) is 14.2 Å². The molecule has 0 amide bonds. The quantitative estimate of drug-likeness (QED) is 0.482. The molecule has 1 N–H and O–H groups in total. The number of rotatable bonds is 8. The first kappa shape index (κ1) is 22.0. The highest BCUT2D eigenvalue weighted by Gasteiger charge is 2.65. The molecule has 160 valence electrons. The van der Waals surface area contributed by atoms with E-state index in [4.69, 9.17) is 14.2 Å². The van der Waals surface area contributed by atoms with Crippen LogP contribution in [0.4, 0.5) is 0 Å². The summed E-state index contributed by atoms with van der Waals surface area (Å²) in [6.07, 6.45) is 12.6. The third-order valence-corrected chi connectivity index (χ3v) is 7.12. The zero-order valence-electron chi connectivity index (χ0n) is 18.6. The Morgan fingerprint density at radius 3 is 2.64 bits per heavy atom. The van der Waals surface area contributed by atoms with Gasteiger partial charge in [0, 0.05) is 13.0 Å². The van der Waals surface area contributed by atoms with Crippen molar-refractivity contribution in [2.75, 3.05) is 7.11 Å². The van der Waals surface area contributed by atoms with Crippen molar-refractivity contribution < 1.29 is 19.3 Å². The molecule has 0 aromatic heterocycles. The second-order valence-corrected chi connectivity index (χ2v) is 9.65. The lowest BCUT2D eigenvalue weighted by Crippen LogP contribution is -2.35. The van der Waals surface area contributed by atoms with E-state index in [1.807, 2.05) is 6.92 Å². The monoisotopic (exact) mass is 392 g/mol. The third-order valence-electron chi connectivity index (χ3n) is 7.12. The molecule has 2 aliphatic heterocycles. The summed E-state index contributed by atoms with van der Waals surface area (Å²) in [5, 5.41) is 9.98. The Morgan fingerprint density at radius 2 is 2.00 bits per heavy atom. The lowest BCUT2D eigenvalue weighted by molar-refractivity contribution is -0.0498. The first-order valence-corrected chi connectivity index (χ1v) is 11.2. The highest BCUT2D eigenvalue weighted by atomic mass is 16.6. The van der Waals surface area contributed by atoms with Gasteiger partial charge in [0.25, 0.3) is 0 Å². The van der Waals surface area contributed by atoms with Crippen LogP contribution in [0.15, 0.2) is 23.8 Å². The molecular weight excluding hydrogens is 352 g/mol. The highest BCUT2D eigenvalue weighted by Crippen LogP contribution is 2.57. The summed E-state index contributed by atoms with van der Waals surface area (Å²) < 4.78 is 17.8. The van der Waals surface area contributed by atoms with Crippen molar-refractivity contribution in [3.8, 4) is 0 Å². The Bertz CT molecular complexity index is 583. The molecule has 3 fully saturated rings. The predicted molar refractivity (Wildman–Crippen MR) is 112 cm³/mol. The van der Waals surface area contributed by atoms with Crippen molar-refractivity contribution >= 4 is 0 Å². The fourth-order valence-corrected chi connectivity index (χ4v) is 5.55. The van der Waals surface area contributed by atoms with Crippen molar-refractivity contribution in [1.29, 1.82) is 0 Å². The standard InChI is InChI=1S/C24H40O4/c1-15(8-7-9-16(2)21-17(3)10-11-18(4)27-21)14-24-13-12-20(23(24)28-24)22(26-6)19(5)25/h7-9,15,17-23,25H,10-14H2,1-6H3/b8-7+,16-9+. The fraction of sp³-hybridized carbons (Fsp3) is 0.833. The Hall–Kier alpha value is -0.680. The highest BCUT2D eigenvalue weighted by molar-refractivity contribution is 5.18. The van der Waals surface area contributed by atoms with Gasteiger partial charge < -0.3 is 19.3 Å². The summed E-state index contributed by atoms with van der Waals surface area (Å²) >= 11 is 0. The van der Waals surface area contributed by atoms with Crippen LogP contribution in [0.1, 0.15) is 66.7 Å². The van der Waals surface area contributed by atoms with E-state index in [1.165, 1.54) is 18.4 Å². The Labute approximate surface area is 171 Å². The molecule has 2 saturated heterocycles. The van der Waals surface area contributed by atoms with Gasteiger partial charge in [0.2, 0.25) is 0 Å². The van der Waals surface area contributed by atoms with Gasteiger partial charge in [-0.15, -0.1) is 0 Å². The van der Waals surface area contributed by atoms with Crippen LogP contribution in [0, 0.1) is 17.8 Å². The van der Waals surface area contributed by atoms with Gasteiger partial charge in [-0.1, -0.05) is 32.1 Å². The number of methoxy groups -OCH3 is 1. The van der Waals surface area contributed by atoms with Gasteiger partial charge in [0.1, 0.15) is 0 Å². The minimum absolute atomic E-state index is 0.00921. The lowest BCUT2D eigenvalue weighted by atomic mass is 9.89. The van der Waals surface area contributed by atoms with Crippen LogP contribution in [0.2, 0.25) is 0 Å². The molecule has 1 saturated carbocycles. The van der Waals surface area contributed by atoms with Crippen LogP contribution < -0.4 is 0 Å². The van der Waals surface area contributed by atoms with E-state index in [-0.39, 0.29) is 23.9 Å². The molecule has 28 heavy (non-hydrogen) atoms. The Kier molecular flexibility index (Phi) is 7.07. The largest absolute Gasteiger partial charge is 0.391 e. The zero-order valence-corrected chi connectivity index (χ0v) is 18.6. The van der Waals surface area contributed by atoms with E-state index >= 15 is 0 Å². The molecule has 3 aliphatic rings. The molecule has 0 aromatic carbocycles. The number of aliphatic hydroxyl groups is 1. The fourth-order valence-electron chi connectivity index (χ4n) is 5.55. The molecule has 0 bridgehead atoms. The number of epoxide rings is 1. The molecule has 0 aromatic rings. The minimum Gasteiger partial charge on any atom is -0.391 e. The van der Waals surface area contributed by atoms with Crippen LogP contribution >= 0.6 is 0 Å². The topological polar surface area (TPSA) is 51.2 Å². The first-order chi connectivity index (χ1) is 13.3. The van der Waals surface area contributed by atoms with Gasteiger partial charge in [-0.2, -0.15) is 0 Å². The summed E-state index contributed by atoms with van der Waals surface area (Å²) in [6, 6.07) is 0. The average Bonchev–Trinajstić information content (AvgIpc) is 3.23. The van der Waals surface area contributed by atoms with E-state index < -0.39 is 6.10 Å². The summed E-state index contributed by atoms with van der Waals surface area (Å²) in [6.45, 7) is 10.7. The normalized spacial score (nSPS) is 41.7. The van der Waals surface area contributed by atoms with Crippen molar-refractivity contribution in [1.82, 2.24) is 0 Å². The first-order valence-electron chi connectivity index (χ1n) is 11.2. The van der Waals surface area contributed by atoms with Crippen molar-refractivity contribution in [2.24, 2.45) is 17.8 Å². The van der Waals surface area contributed by atoms with Gasteiger partial charge >= 0.3 is 0 Å². The number of hydrogen-bond donors (Lipinski definition) is 1. The summed E-state index contributed by atoms with van der Waals surface area (Å²) in [5.41, 5.74) is 1.33. The number of allylic oxidation sites excluding steroid dienone is 3. The molecular formula is C24H40O4. The van der Waals surface area contributed by atoms with Crippen molar-refractivity contribution in [2.45, 2.75) is 103 Å². The van der Waals surface area contributed by atoms with Crippen molar-refractivity contribution in [3.63, 3.8) is 0 Å². The van der Waals surface area contributed by atoms with Gasteiger partial charge in [-0.25, -0.2) is 0 Å². The summed E-state index contributed by atoms with van der Waals surface area (Å²) in [7, 11) is 1.69. The third kappa shape index (κ3) is 4.72. The maximum atomic E-state index is 9.98. The van der Waals surface area contributed by atoms with Gasteiger partial charge in [-0.05, 0) is 70.3 Å². The van der Waals surface area contributed by atoms with Gasteiger partial charge in [-0.3, -0.25) is 0 Å². The van der Waals surface area contributed by atoms with Crippen LogP contribution in [-0.4, -0.2) is 48.3 Å². The van der Waals surface area contributed by atoms with Gasteiger partial charge in [0.05, 0.1) is 36.1 Å². The minimum atomic E-state index is -0.451. The van der Waals surface area contributed by atoms with Crippen LogP contribution in [0.25, 0.3) is 0 Å². The zero-order chi connectivity index (χ0) is 20.5. The van der Waals surface area contributed by atoms with Crippen LogP contribution in [0.5, 0.6) is 0 Å². The SMILES string of the molecule is COC(C(C)O)C1CCC2(CC(C)/C=C/C=C(\C)C3OC(C)CCC3C)OC12. The van der Waals surface area contributed by atoms with E-state index in [9.17, 15) is 5.11 Å².